The van der Waals surface area contributed by atoms with Crippen molar-refractivity contribution in [3.8, 4) is 0 Å². The number of thioether (sulfide) groups is 1. The first-order chi connectivity index (χ1) is 16.4. The lowest BCUT2D eigenvalue weighted by molar-refractivity contribution is -0.125. The van der Waals surface area contributed by atoms with Crippen LogP contribution in [0.25, 0.3) is 11.2 Å². The Hall–Kier alpha value is -2.76. The fourth-order valence-corrected chi connectivity index (χ4v) is 5.57. The van der Waals surface area contributed by atoms with Gasteiger partial charge in [0.1, 0.15) is 6.10 Å². The largest absolute Gasteiger partial charge is 0.390 e. The van der Waals surface area contributed by atoms with Gasteiger partial charge in [0.15, 0.2) is 22.1 Å². The molecule has 4 N–H and O–H groups in total. The Morgan fingerprint density at radius 2 is 1.97 bits per heavy atom. The van der Waals surface area contributed by atoms with Crippen LogP contribution in [0.3, 0.4) is 0 Å². The second kappa shape index (κ2) is 9.12. The molecule has 2 aliphatic carbocycles. The highest BCUT2D eigenvalue weighted by Gasteiger charge is 2.47. The monoisotopic (exact) mass is 483 g/mol. The molecule has 0 spiro atoms. The van der Waals surface area contributed by atoms with Gasteiger partial charge in [0.05, 0.1) is 18.1 Å². The van der Waals surface area contributed by atoms with Crippen LogP contribution in [0, 0.1) is 5.92 Å². The van der Waals surface area contributed by atoms with E-state index in [2.05, 4.69) is 46.4 Å². The fraction of sp³-hybridized carbons (Fsp3) is 0.522. The molecule has 0 aliphatic heterocycles. The van der Waals surface area contributed by atoms with E-state index in [0.29, 0.717) is 28.1 Å². The van der Waals surface area contributed by atoms with Crippen LogP contribution in [0.1, 0.15) is 43.7 Å². The minimum absolute atomic E-state index is 0.168. The predicted molar refractivity (Wildman–Crippen MR) is 128 cm³/mol. The first kappa shape index (κ1) is 23.0. The maximum absolute atomic E-state index is 11.8. The zero-order valence-electron chi connectivity index (χ0n) is 19.2. The van der Waals surface area contributed by atoms with Crippen molar-refractivity contribution in [3.63, 3.8) is 0 Å². The van der Waals surface area contributed by atoms with Crippen LogP contribution in [0.2, 0.25) is 0 Å². The third-order valence-corrected chi connectivity index (χ3v) is 7.92. The lowest BCUT2D eigenvalue weighted by Gasteiger charge is -2.20. The van der Waals surface area contributed by atoms with E-state index in [9.17, 15) is 15.0 Å². The number of benzene rings is 1. The van der Waals surface area contributed by atoms with Crippen LogP contribution >= 0.6 is 11.8 Å². The van der Waals surface area contributed by atoms with Crippen molar-refractivity contribution in [1.29, 1.82) is 0 Å². The van der Waals surface area contributed by atoms with E-state index in [1.165, 1.54) is 10.2 Å². The average molecular weight is 484 g/mol. The minimum Gasteiger partial charge on any atom is -0.390 e. The van der Waals surface area contributed by atoms with Crippen molar-refractivity contribution in [3.05, 3.63) is 35.9 Å². The highest BCUT2D eigenvalue weighted by Crippen LogP contribution is 2.46. The molecule has 2 saturated carbocycles. The molecule has 2 heterocycles. The van der Waals surface area contributed by atoms with Gasteiger partial charge in [-0.15, -0.1) is 5.10 Å². The molecule has 2 fully saturated rings. The summed E-state index contributed by atoms with van der Waals surface area (Å²) in [5.74, 6) is 0.475. The van der Waals surface area contributed by atoms with Crippen LogP contribution in [0.15, 0.2) is 35.5 Å². The van der Waals surface area contributed by atoms with Gasteiger partial charge in [-0.2, -0.15) is 0 Å². The quantitative estimate of drug-likeness (QED) is 0.321. The molecule has 6 atom stereocenters. The molecule has 2 unspecified atom stereocenters. The second-order valence-electron chi connectivity index (χ2n) is 9.11. The summed E-state index contributed by atoms with van der Waals surface area (Å²) in [5, 5.41) is 30.3. The van der Waals surface area contributed by atoms with E-state index in [0.717, 1.165) is 18.6 Å². The maximum Gasteiger partial charge on any atom is 0.223 e. The highest BCUT2D eigenvalue weighted by atomic mass is 32.2. The number of carbonyl (C=O) groups is 1. The molecule has 34 heavy (non-hydrogen) atoms. The van der Waals surface area contributed by atoms with E-state index < -0.39 is 30.1 Å². The Morgan fingerprint density at radius 3 is 2.65 bits per heavy atom. The van der Waals surface area contributed by atoms with Crippen molar-refractivity contribution in [2.45, 2.75) is 61.6 Å². The van der Waals surface area contributed by atoms with Gasteiger partial charge in [-0.3, -0.25) is 4.79 Å². The highest BCUT2D eigenvalue weighted by molar-refractivity contribution is 7.99. The number of aliphatic hydroxyl groups is 2. The molecule has 0 bridgehead atoms. The smallest absolute Gasteiger partial charge is 0.223 e. The number of aromatic nitrogens is 5. The minimum atomic E-state index is -1.25. The third-order valence-electron chi connectivity index (χ3n) is 6.87. The third kappa shape index (κ3) is 4.01. The summed E-state index contributed by atoms with van der Waals surface area (Å²) in [6.45, 7) is 2.10. The van der Waals surface area contributed by atoms with Gasteiger partial charge < -0.3 is 20.8 Å². The molecule has 180 valence electrons. The predicted octanol–water partition coefficient (Wildman–Crippen LogP) is 1.48. The molecule has 0 saturated heterocycles. The first-order valence-electron chi connectivity index (χ1n) is 11.6. The number of aliphatic hydroxyl groups excluding tert-OH is 2. The van der Waals surface area contributed by atoms with E-state index >= 15 is 0 Å². The summed E-state index contributed by atoms with van der Waals surface area (Å²) in [7, 11) is 2.01. The Balaban J connectivity index is 1.51. The van der Waals surface area contributed by atoms with Crippen LogP contribution in [-0.4, -0.2) is 72.1 Å². The standard InChI is InChI=1S/C23H29N7O3S/c1-3-9-34-23-25-21(29(2)15-10-13(15)12-7-5-4-6-8-12)17-22(26-23)30(28-27-17)16-11-14(20(24)33)18(31)19(16)32/h4-8,13-16,18-19,31-32H,3,9-11H2,1-2H3,(H2,24,33)/t13?,14-,15?,16+,18+,19-/m1/s1. The normalized spacial score (nSPS) is 28.4. The number of anilines is 1. The van der Waals surface area contributed by atoms with E-state index in [1.54, 1.807) is 11.8 Å². The molecule has 3 aromatic rings. The number of nitrogens with zero attached hydrogens (tertiary/aromatic N) is 6. The number of hydrogen-bond donors (Lipinski definition) is 3. The molecule has 11 heteroatoms. The SMILES string of the molecule is CCCSc1nc(N(C)C2CC2c2ccccc2)c2nnn([C@H]3C[C@@H](C(N)=O)[C@H](O)[C@@H]3O)c2n1. The fourth-order valence-electron chi connectivity index (χ4n) is 4.88. The topological polar surface area (TPSA) is 143 Å². The van der Waals surface area contributed by atoms with Crippen molar-refractivity contribution in [2.24, 2.45) is 11.7 Å². The number of hydrogen-bond acceptors (Lipinski definition) is 9. The second-order valence-corrected chi connectivity index (χ2v) is 10.2. The Kier molecular flexibility index (Phi) is 6.17. The first-order valence-corrected chi connectivity index (χ1v) is 12.6. The van der Waals surface area contributed by atoms with Crippen molar-refractivity contribution in [2.75, 3.05) is 17.7 Å². The number of rotatable bonds is 8. The molecule has 1 aromatic carbocycles. The zero-order chi connectivity index (χ0) is 24.0. The van der Waals surface area contributed by atoms with E-state index in [4.69, 9.17) is 15.7 Å². The van der Waals surface area contributed by atoms with Crippen molar-refractivity contribution in [1.82, 2.24) is 25.0 Å². The van der Waals surface area contributed by atoms with Gasteiger partial charge in [0.2, 0.25) is 5.91 Å². The summed E-state index contributed by atoms with van der Waals surface area (Å²) in [6.07, 6.45) is -0.289. The molecule has 5 rings (SSSR count). The summed E-state index contributed by atoms with van der Waals surface area (Å²) in [5.41, 5.74) is 7.75. The number of likely N-dealkylation sites (N-methyl/N-ethyl adjacent to an activating group) is 1. The number of nitrogens with two attached hydrogens (primary N) is 1. The summed E-state index contributed by atoms with van der Waals surface area (Å²) < 4.78 is 1.52. The lowest BCUT2D eigenvalue weighted by atomic mass is 10.1. The lowest BCUT2D eigenvalue weighted by Crippen LogP contribution is -2.35. The van der Waals surface area contributed by atoms with E-state index in [-0.39, 0.29) is 12.5 Å². The molecule has 1 amide bonds. The van der Waals surface area contributed by atoms with Crippen LogP contribution in [0.4, 0.5) is 5.82 Å². The van der Waals surface area contributed by atoms with Crippen LogP contribution in [0.5, 0.6) is 0 Å². The van der Waals surface area contributed by atoms with Crippen molar-refractivity contribution >= 4 is 34.7 Å². The maximum atomic E-state index is 11.8. The number of carbonyl (C=O) groups excluding carboxylic acids is 1. The Bertz CT molecular complexity index is 1190. The molecule has 10 nitrogen and oxygen atoms in total. The number of primary amides is 1. The number of fused-ring (bicyclic) bond motifs is 1. The summed E-state index contributed by atoms with van der Waals surface area (Å²) in [6, 6.07) is 10.0. The van der Waals surface area contributed by atoms with Gasteiger partial charge in [-0.1, -0.05) is 54.2 Å². The molecular formula is C23H29N7O3S. The van der Waals surface area contributed by atoms with Gasteiger partial charge in [-0.25, -0.2) is 14.6 Å². The van der Waals surface area contributed by atoms with Crippen molar-refractivity contribution < 1.29 is 15.0 Å². The van der Waals surface area contributed by atoms with E-state index in [1.807, 2.05) is 13.1 Å². The molecule has 2 aliphatic rings. The van der Waals surface area contributed by atoms with Gasteiger partial charge >= 0.3 is 0 Å². The Labute approximate surface area is 201 Å². The van der Waals surface area contributed by atoms with Gasteiger partial charge in [0.25, 0.3) is 0 Å². The number of amides is 1. The summed E-state index contributed by atoms with van der Waals surface area (Å²) in [4.78, 5) is 23.4. The average Bonchev–Trinajstić information content (AvgIpc) is 3.45. The molecular weight excluding hydrogens is 454 g/mol. The Morgan fingerprint density at radius 1 is 1.21 bits per heavy atom. The van der Waals surface area contributed by atoms with Crippen LogP contribution in [-0.2, 0) is 4.79 Å². The zero-order valence-corrected chi connectivity index (χ0v) is 20.0. The van der Waals surface area contributed by atoms with Gasteiger partial charge in [-0.05, 0) is 24.8 Å². The van der Waals surface area contributed by atoms with Gasteiger partial charge in [0, 0.05) is 24.8 Å². The summed E-state index contributed by atoms with van der Waals surface area (Å²) >= 11 is 1.55. The van der Waals surface area contributed by atoms with Crippen LogP contribution < -0.4 is 10.6 Å². The molecule has 2 aromatic heterocycles. The molecule has 0 radical (unpaired) electrons.